The summed E-state index contributed by atoms with van der Waals surface area (Å²) in [5, 5.41) is -2.24. The first-order valence-electron chi connectivity index (χ1n) is 23.5. The zero-order valence-corrected chi connectivity index (χ0v) is 22.9. The first-order valence-corrected chi connectivity index (χ1v) is 14.0. The summed E-state index contributed by atoms with van der Waals surface area (Å²) in [5.41, 5.74) is -1.39. The molecule has 0 atom stereocenters. The molecule has 0 fully saturated rings. The molecule has 0 saturated heterocycles. The maximum atomic E-state index is 10.0. The fourth-order valence-corrected chi connectivity index (χ4v) is 6.38. The van der Waals surface area contributed by atoms with Gasteiger partial charge in [-0.05, 0) is 77.4 Å². The Kier molecular flexibility index (Phi) is 2.60. The first-order chi connectivity index (χ1) is 30.3. The van der Waals surface area contributed by atoms with Crippen LogP contribution in [0, 0.1) is 0 Å². The molecule has 1 nitrogen and oxygen atoms in total. The summed E-state index contributed by atoms with van der Waals surface area (Å²) in [6.45, 7) is 0. The topological polar surface area (TPSA) is 13.1 Å². The predicted octanol–water partition coefficient (Wildman–Crippen LogP) is 12.7. The molecule has 0 aliphatic carbocycles. The van der Waals surface area contributed by atoms with E-state index in [2.05, 4.69) is 0 Å². The average Bonchev–Trinajstić information content (AvgIpc) is 3.68. The third-order valence-electron chi connectivity index (χ3n) is 8.23. The van der Waals surface area contributed by atoms with E-state index < -0.39 is 153 Å². The summed E-state index contributed by atoms with van der Waals surface area (Å²) in [5.74, 6) is 0. The van der Waals surface area contributed by atoms with Gasteiger partial charge in [0.15, 0.2) is 0 Å². The molecule has 45 heavy (non-hydrogen) atoms. The van der Waals surface area contributed by atoms with Gasteiger partial charge in [0.05, 0.1) is 26.0 Å². The van der Waals surface area contributed by atoms with Crippen LogP contribution in [-0.4, -0.2) is 0 Å². The summed E-state index contributed by atoms with van der Waals surface area (Å²) < 4.78 is 179. The van der Waals surface area contributed by atoms with Gasteiger partial charge in [0, 0.05) is 21.5 Å². The first kappa shape index (κ1) is 12.6. The fourth-order valence-electron chi connectivity index (χ4n) is 6.38. The summed E-state index contributed by atoms with van der Waals surface area (Å²) >= 11 is 0. The Balaban J connectivity index is 1.63. The minimum absolute atomic E-state index is 0.00342. The van der Waals surface area contributed by atoms with Crippen LogP contribution in [-0.2, 0) is 0 Å². The molecule has 10 aromatic rings. The van der Waals surface area contributed by atoms with Gasteiger partial charge in [0.25, 0.3) is 0 Å². The summed E-state index contributed by atoms with van der Waals surface area (Å²) in [6, 6.07) is -1.21. The smallest absolute Gasteiger partial charge is 0.143 e. The van der Waals surface area contributed by atoms with Gasteiger partial charge in [-0.3, -0.25) is 0 Å². The Morgan fingerprint density at radius 2 is 0.933 bits per heavy atom. The van der Waals surface area contributed by atoms with E-state index in [4.69, 9.17) is 22.2 Å². The number of benzene rings is 9. The standard InChI is InChI=1S/C44H26O/c1-4-16-30-27(12-1)15-11-23-33(30)40-34-19-7-9-21-36(34)41(37-22-10-8-20-35(37)40)39-26-29-14-3-6-18-32(29)44-42(39)38-25-24-28-13-2-5-17-31(28)43(38)45-44/h1-26H/i2D,3D,5D,6D,7D,8D,9D,10D,13D,14D,17D,18D,19D,20D,21D,22D,24D,25D,26D. The molecule has 10 rings (SSSR count). The molecule has 1 heteroatoms. The van der Waals surface area contributed by atoms with Gasteiger partial charge in [-0.2, -0.15) is 0 Å². The van der Waals surface area contributed by atoms with Crippen LogP contribution >= 0.6 is 0 Å². The van der Waals surface area contributed by atoms with Crippen molar-refractivity contribution in [2.75, 3.05) is 0 Å². The molecule has 1 aromatic heterocycles. The highest BCUT2D eigenvalue weighted by atomic mass is 16.3. The number of fused-ring (bicyclic) bond motifs is 10. The number of hydrogen-bond donors (Lipinski definition) is 0. The van der Waals surface area contributed by atoms with E-state index in [0.717, 1.165) is 0 Å². The third-order valence-corrected chi connectivity index (χ3v) is 8.23. The molecule has 1 heterocycles. The lowest BCUT2D eigenvalue weighted by molar-refractivity contribution is 0.676. The van der Waals surface area contributed by atoms with Gasteiger partial charge < -0.3 is 4.42 Å². The van der Waals surface area contributed by atoms with Crippen molar-refractivity contribution < 1.29 is 30.5 Å². The Morgan fingerprint density at radius 3 is 1.64 bits per heavy atom. The van der Waals surface area contributed by atoms with Gasteiger partial charge in [0.1, 0.15) is 11.2 Å². The van der Waals surface area contributed by atoms with Crippen LogP contribution in [0.15, 0.2) is 162 Å². The van der Waals surface area contributed by atoms with E-state index in [1.807, 2.05) is 0 Å². The molecule has 0 bridgehead atoms. The van der Waals surface area contributed by atoms with Crippen molar-refractivity contribution in [2.24, 2.45) is 0 Å². The monoisotopic (exact) mass is 589 g/mol. The highest BCUT2D eigenvalue weighted by Crippen LogP contribution is 2.49. The molecule has 0 unspecified atom stereocenters. The van der Waals surface area contributed by atoms with Crippen LogP contribution in [0.3, 0.4) is 0 Å². The molecule has 208 valence electrons. The molecule has 0 aliphatic rings. The third kappa shape index (κ3) is 3.44. The number of hydrogen-bond acceptors (Lipinski definition) is 1. The van der Waals surface area contributed by atoms with Crippen LogP contribution < -0.4 is 0 Å². The van der Waals surface area contributed by atoms with Crippen LogP contribution in [0.25, 0.3) is 98.1 Å². The molecule has 0 amide bonds. The van der Waals surface area contributed by atoms with Crippen molar-refractivity contribution in [3.05, 3.63) is 157 Å². The summed E-state index contributed by atoms with van der Waals surface area (Å²) in [4.78, 5) is 0. The highest BCUT2D eigenvalue weighted by Gasteiger charge is 2.23. The molecular formula is C44H26O. The maximum absolute atomic E-state index is 10.0. The second-order valence-electron chi connectivity index (χ2n) is 10.5. The van der Waals surface area contributed by atoms with E-state index in [1.165, 1.54) is 0 Å². The largest absolute Gasteiger partial charge is 0.455 e. The Hall–Kier alpha value is -5.92. The molecule has 0 N–H and O–H groups in total. The van der Waals surface area contributed by atoms with Gasteiger partial charge in [-0.25, -0.2) is 0 Å². The zero-order valence-electron chi connectivity index (χ0n) is 41.9. The normalized spacial score (nSPS) is 17.9. The van der Waals surface area contributed by atoms with Crippen molar-refractivity contribution >= 4 is 75.8 Å². The van der Waals surface area contributed by atoms with Gasteiger partial charge >= 0.3 is 0 Å². The van der Waals surface area contributed by atoms with Crippen molar-refractivity contribution in [1.82, 2.24) is 0 Å². The fraction of sp³-hybridized carbons (Fsp3) is 0. The van der Waals surface area contributed by atoms with Crippen molar-refractivity contribution in [3.63, 3.8) is 0 Å². The van der Waals surface area contributed by atoms with Gasteiger partial charge in [-0.1, -0.05) is 145 Å². The Morgan fingerprint density at radius 1 is 0.378 bits per heavy atom. The predicted molar refractivity (Wildman–Crippen MR) is 192 cm³/mol. The molecular weight excluding hydrogens is 544 g/mol. The molecule has 0 spiro atoms. The zero-order chi connectivity index (χ0) is 46.0. The quantitative estimate of drug-likeness (QED) is 0.183. The van der Waals surface area contributed by atoms with Crippen LogP contribution in [0.4, 0.5) is 0 Å². The Labute approximate surface area is 286 Å². The van der Waals surface area contributed by atoms with Crippen molar-refractivity contribution in [2.45, 2.75) is 0 Å². The Bertz CT molecular complexity index is 3810. The van der Waals surface area contributed by atoms with E-state index in [1.54, 1.807) is 42.5 Å². The van der Waals surface area contributed by atoms with Crippen LogP contribution in [0.5, 0.6) is 0 Å². The summed E-state index contributed by atoms with van der Waals surface area (Å²) in [6.07, 6.45) is 0. The highest BCUT2D eigenvalue weighted by molar-refractivity contribution is 6.30. The van der Waals surface area contributed by atoms with Crippen LogP contribution in [0.1, 0.15) is 26.0 Å². The lowest BCUT2D eigenvalue weighted by Gasteiger charge is -2.19. The second kappa shape index (κ2) is 9.29. The minimum Gasteiger partial charge on any atom is -0.455 e. The van der Waals surface area contributed by atoms with E-state index >= 15 is 0 Å². The minimum atomic E-state index is -0.772. The van der Waals surface area contributed by atoms with E-state index in [-0.39, 0.29) is 43.3 Å². The molecule has 0 saturated carbocycles. The van der Waals surface area contributed by atoms with E-state index in [0.29, 0.717) is 16.3 Å². The average molecular weight is 590 g/mol. The maximum Gasteiger partial charge on any atom is 0.143 e. The number of furan rings is 1. The SMILES string of the molecule is [2H]c1c([2H])c([2H])c2c(-c3c([2H])c4c([2H])c([2H])c([2H])c([2H])c4c4oc5c6c([2H])c([2H])c([2H])c([2H])c6c([2H])c([2H])c5c34)c3c([2H])c([2H])c([2H])c([2H])c3c(-c3cccc4ccccc34)c2c1[2H]. The van der Waals surface area contributed by atoms with Crippen molar-refractivity contribution in [3.8, 4) is 22.3 Å². The lowest BCUT2D eigenvalue weighted by atomic mass is 9.83. The number of rotatable bonds is 2. The van der Waals surface area contributed by atoms with Gasteiger partial charge in [0.2, 0.25) is 0 Å². The lowest BCUT2D eigenvalue weighted by Crippen LogP contribution is -1.92. The molecule has 0 aliphatic heterocycles. The van der Waals surface area contributed by atoms with Crippen LogP contribution in [0.2, 0.25) is 0 Å². The van der Waals surface area contributed by atoms with E-state index in [9.17, 15) is 8.22 Å². The van der Waals surface area contributed by atoms with Crippen molar-refractivity contribution in [1.29, 1.82) is 0 Å². The second-order valence-corrected chi connectivity index (χ2v) is 10.5. The molecule has 0 radical (unpaired) electrons. The molecule has 9 aromatic carbocycles. The van der Waals surface area contributed by atoms with Gasteiger partial charge in [-0.15, -0.1) is 0 Å². The summed E-state index contributed by atoms with van der Waals surface area (Å²) in [7, 11) is 0.